The van der Waals surface area contributed by atoms with Crippen molar-refractivity contribution in [3.05, 3.63) is 34.4 Å². The Morgan fingerprint density at radius 1 is 1.22 bits per heavy atom. The third kappa shape index (κ3) is 3.07. The summed E-state index contributed by atoms with van der Waals surface area (Å²) in [6.07, 6.45) is 0. The highest BCUT2D eigenvalue weighted by Crippen LogP contribution is 2.26. The first-order chi connectivity index (χ1) is 10.7. The lowest BCUT2D eigenvalue weighted by molar-refractivity contribution is 0.101. The number of hydrogen-bond acceptors (Lipinski definition) is 6. The van der Waals surface area contributed by atoms with Crippen LogP contribution in [-0.4, -0.2) is 30.5 Å². The van der Waals surface area contributed by atoms with Crippen molar-refractivity contribution in [2.24, 2.45) is 0 Å². The largest absolute Gasteiger partial charge is 0.297 e. The Labute approximate surface area is 137 Å². The second-order valence-electron chi connectivity index (χ2n) is 6.43. The van der Waals surface area contributed by atoms with Crippen LogP contribution in [0.1, 0.15) is 48.5 Å². The van der Waals surface area contributed by atoms with Crippen molar-refractivity contribution < 1.29 is 4.79 Å². The molecule has 8 heteroatoms. The van der Waals surface area contributed by atoms with Gasteiger partial charge < -0.3 is 0 Å². The molecule has 23 heavy (non-hydrogen) atoms. The highest BCUT2D eigenvalue weighted by Gasteiger charge is 2.20. The quantitative estimate of drug-likeness (QED) is 0.781. The molecule has 0 bridgehead atoms. The molecule has 0 aliphatic carbocycles. The van der Waals surface area contributed by atoms with E-state index in [9.17, 15) is 4.79 Å². The number of aryl methyl sites for hydroxylation is 2. The van der Waals surface area contributed by atoms with Crippen molar-refractivity contribution in [3.63, 3.8) is 0 Å². The fraction of sp³-hybridized carbons (Fsp3) is 0.400. The number of hydrogen-bond donors (Lipinski definition) is 1. The molecule has 0 saturated heterocycles. The highest BCUT2D eigenvalue weighted by molar-refractivity contribution is 7.14. The van der Waals surface area contributed by atoms with E-state index in [0.717, 1.165) is 17.1 Å². The molecule has 0 spiro atoms. The zero-order valence-electron chi connectivity index (χ0n) is 13.7. The fourth-order valence-electron chi connectivity index (χ4n) is 2.09. The zero-order valence-corrected chi connectivity index (χ0v) is 14.5. The lowest BCUT2D eigenvalue weighted by Gasteiger charge is -2.14. The molecule has 0 saturated carbocycles. The maximum atomic E-state index is 12.3. The third-order valence-electron chi connectivity index (χ3n) is 3.31. The molecule has 0 radical (unpaired) electrons. The van der Waals surface area contributed by atoms with Crippen LogP contribution in [-0.2, 0) is 5.41 Å². The maximum absolute atomic E-state index is 12.3. The molecular formula is C15H18N6OS. The van der Waals surface area contributed by atoms with Gasteiger partial charge in [-0.05, 0) is 19.9 Å². The number of aromatic nitrogens is 5. The van der Waals surface area contributed by atoms with E-state index >= 15 is 0 Å². The SMILES string of the molecule is Cc1cc(C)n2nc(C(=O)Nc3nc(C(C)(C)C)cs3)nc2n1. The predicted octanol–water partition coefficient (Wildman–Crippen LogP) is 2.75. The third-order valence-corrected chi connectivity index (χ3v) is 4.07. The molecule has 1 amide bonds. The van der Waals surface area contributed by atoms with Gasteiger partial charge in [-0.1, -0.05) is 20.8 Å². The van der Waals surface area contributed by atoms with Gasteiger partial charge in [0, 0.05) is 22.2 Å². The summed E-state index contributed by atoms with van der Waals surface area (Å²) in [7, 11) is 0. The summed E-state index contributed by atoms with van der Waals surface area (Å²) < 4.78 is 1.56. The Balaban J connectivity index is 1.86. The van der Waals surface area contributed by atoms with Crippen LogP contribution in [0, 0.1) is 13.8 Å². The van der Waals surface area contributed by atoms with Crippen molar-refractivity contribution in [3.8, 4) is 0 Å². The van der Waals surface area contributed by atoms with E-state index in [1.165, 1.54) is 11.3 Å². The van der Waals surface area contributed by atoms with Crippen molar-refractivity contribution >= 4 is 28.2 Å². The molecule has 0 aromatic carbocycles. The highest BCUT2D eigenvalue weighted by atomic mass is 32.1. The summed E-state index contributed by atoms with van der Waals surface area (Å²) in [6.45, 7) is 10.0. The van der Waals surface area contributed by atoms with Gasteiger partial charge >= 0.3 is 0 Å². The number of amides is 1. The van der Waals surface area contributed by atoms with E-state index in [4.69, 9.17) is 0 Å². The lowest BCUT2D eigenvalue weighted by atomic mass is 9.93. The average Bonchev–Trinajstić information content (AvgIpc) is 3.04. The minimum absolute atomic E-state index is 0.0562. The first-order valence-corrected chi connectivity index (χ1v) is 8.10. The number of nitrogens with one attached hydrogen (secondary N) is 1. The number of nitrogens with zero attached hydrogens (tertiary/aromatic N) is 5. The van der Waals surface area contributed by atoms with Gasteiger partial charge in [0.25, 0.3) is 11.7 Å². The molecular weight excluding hydrogens is 312 g/mol. The van der Waals surface area contributed by atoms with Crippen LogP contribution in [0.3, 0.4) is 0 Å². The van der Waals surface area contributed by atoms with Crippen LogP contribution in [0.15, 0.2) is 11.4 Å². The van der Waals surface area contributed by atoms with Gasteiger partial charge in [0.2, 0.25) is 5.82 Å². The van der Waals surface area contributed by atoms with Gasteiger partial charge in [-0.25, -0.2) is 14.5 Å². The van der Waals surface area contributed by atoms with E-state index in [0.29, 0.717) is 10.9 Å². The monoisotopic (exact) mass is 330 g/mol. The summed E-state index contributed by atoms with van der Waals surface area (Å²) in [4.78, 5) is 25.2. The van der Waals surface area contributed by atoms with Crippen molar-refractivity contribution in [2.75, 3.05) is 5.32 Å². The minimum Gasteiger partial charge on any atom is -0.295 e. The van der Waals surface area contributed by atoms with Gasteiger partial charge in [0.1, 0.15) is 0 Å². The number of carbonyl (C=O) groups is 1. The van der Waals surface area contributed by atoms with E-state index in [-0.39, 0.29) is 17.1 Å². The van der Waals surface area contributed by atoms with Crippen LogP contribution in [0.2, 0.25) is 0 Å². The Morgan fingerprint density at radius 2 is 1.96 bits per heavy atom. The van der Waals surface area contributed by atoms with Gasteiger partial charge in [0.05, 0.1) is 5.69 Å². The minimum atomic E-state index is -0.387. The van der Waals surface area contributed by atoms with Crippen LogP contribution >= 0.6 is 11.3 Å². The van der Waals surface area contributed by atoms with E-state index in [2.05, 4.69) is 46.1 Å². The van der Waals surface area contributed by atoms with Crippen LogP contribution in [0.4, 0.5) is 5.13 Å². The van der Waals surface area contributed by atoms with Crippen molar-refractivity contribution in [1.82, 2.24) is 24.6 Å². The molecule has 0 aliphatic rings. The summed E-state index contributed by atoms with van der Waals surface area (Å²) in [5, 5.41) is 9.45. The molecule has 3 aromatic rings. The van der Waals surface area contributed by atoms with Crippen LogP contribution in [0.5, 0.6) is 0 Å². The first-order valence-electron chi connectivity index (χ1n) is 7.22. The van der Waals surface area contributed by atoms with E-state index < -0.39 is 0 Å². The standard InChI is InChI=1S/C15H18N6OS/c1-8-6-9(2)21-13(16-8)18-11(20-21)12(22)19-14-17-10(7-23-14)15(3,4)5/h6-7H,1-5H3,(H,17,19,22). The Hall–Kier alpha value is -2.35. The summed E-state index contributed by atoms with van der Waals surface area (Å²) in [5.74, 6) is 0.114. The lowest BCUT2D eigenvalue weighted by Crippen LogP contribution is -2.15. The Bertz CT molecular complexity index is 889. The molecule has 0 atom stereocenters. The Morgan fingerprint density at radius 3 is 2.61 bits per heavy atom. The van der Waals surface area contributed by atoms with Gasteiger partial charge in [-0.15, -0.1) is 16.4 Å². The summed E-state index contributed by atoms with van der Waals surface area (Å²) >= 11 is 1.39. The molecule has 1 N–H and O–H groups in total. The van der Waals surface area contributed by atoms with Crippen LogP contribution < -0.4 is 5.32 Å². The average molecular weight is 330 g/mol. The predicted molar refractivity (Wildman–Crippen MR) is 89.0 cm³/mol. The molecule has 120 valence electrons. The smallest absolute Gasteiger partial charge is 0.295 e. The number of carbonyl (C=O) groups excluding carboxylic acids is 1. The molecule has 7 nitrogen and oxygen atoms in total. The molecule has 0 aliphatic heterocycles. The van der Waals surface area contributed by atoms with Gasteiger partial charge in [0.15, 0.2) is 5.13 Å². The number of anilines is 1. The molecule has 3 rings (SSSR count). The van der Waals surface area contributed by atoms with Gasteiger partial charge in [-0.3, -0.25) is 10.1 Å². The summed E-state index contributed by atoms with van der Waals surface area (Å²) in [5.41, 5.74) is 2.60. The van der Waals surface area contributed by atoms with Crippen molar-refractivity contribution in [1.29, 1.82) is 0 Å². The molecule has 0 unspecified atom stereocenters. The second kappa shape index (κ2) is 5.38. The number of fused-ring (bicyclic) bond motifs is 1. The molecule has 3 heterocycles. The van der Waals surface area contributed by atoms with Crippen LogP contribution in [0.25, 0.3) is 5.78 Å². The Kier molecular flexibility index (Phi) is 3.63. The van der Waals surface area contributed by atoms with Crippen molar-refractivity contribution in [2.45, 2.75) is 40.0 Å². The van der Waals surface area contributed by atoms with Gasteiger partial charge in [-0.2, -0.15) is 4.98 Å². The number of thiazole rings is 1. The van der Waals surface area contributed by atoms with E-state index in [1.807, 2.05) is 25.3 Å². The molecule has 3 aromatic heterocycles. The molecule has 0 fully saturated rings. The maximum Gasteiger partial charge on any atom is 0.297 e. The van der Waals surface area contributed by atoms with E-state index in [1.54, 1.807) is 4.52 Å². The topological polar surface area (TPSA) is 85.1 Å². The normalized spacial score (nSPS) is 11.9. The fourth-order valence-corrected chi connectivity index (χ4v) is 3.02. The number of rotatable bonds is 2. The second-order valence-corrected chi connectivity index (χ2v) is 7.29. The zero-order chi connectivity index (χ0) is 16.8. The first kappa shape index (κ1) is 15.5. The summed E-state index contributed by atoms with van der Waals surface area (Å²) in [6, 6.07) is 1.89.